The topological polar surface area (TPSA) is 25.8 Å². The van der Waals surface area contributed by atoms with Crippen molar-refractivity contribution in [1.82, 2.24) is 9.97 Å². The fraction of sp³-hybridized carbons (Fsp3) is 0.150. The van der Waals surface area contributed by atoms with E-state index in [0.717, 1.165) is 5.56 Å². The van der Waals surface area contributed by atoms with E-state index < -0.39 is 0 Å². The van der Waals surface area contributed by atoms with Crippen LogP contribution in [0.5, 0.6) is 0 Å². The quantitative estimate of drug-likeness (QED) is 0.198. The highest BCUT2D eigenvalue weighted by molar-refractivity contribution is 5.84. The second kappa shape index (κ2) is 15.8. The van der Waals surface area contributed by atoms with Crippen LogP contribution < -0.4 is 0 Å². The molecule has 0 bridgehead atoms. The number of hydrogen-bond acceptors (Lipinski definition) is 2. The number of fused-ring (bicyclic) bond motifs is 2. The number of hydrogen-bond donors (Lipinski definition) is 0. The second-order valence-corrected chi connectivity index (χ2v) is 10.4. The molecule has 2 aromatic heterocycles. The van der Waals surface area contributed by atoms with E-state index in [-0.39, 0.29) is 0 Å². The van der Waals surface area contributed by atoms with E-state index >= 15 is 0 Å². The minimum absolute atomic E-state index is 0.558. The van der Waals surface area contributed by atoms with Gasteiger partial charge in [0, 0.05) is 24.8 Å². The molecule has 0 radical (unpaired) electrons. The SMILES string of the molecule is C=Cc1ccc2ccccc2c1.C=Cc1ccncc1.CCC(CC(C)c1ccc2ccccc2c1)c1ccncc1. The van der Waals surface area contributed by atoms with E-state index in [1.54, 1.807) is 18.5 Å². The van der Waals surface area contributed by atoms with Crippen LogP contribution in [0.4, 0.5) is 0 Å². The highest BCUT2D eigenvalue weighted by atomic mass is 14.6. The fourth-order valence-electron chi connectivity index (χ4n) is 5.09. The predicted octanol–water partition coefficient (Wildman–Crippen LogP) is 11.1. The lowest BCUT2D eigenvalue weighted by Gasteiger charge is -2.20. The molecule has 2 atom stereocenters. The molecule has 0 aliphatic carbocycles. The van der Waals surface area contributed by atoms with Gasteiger partial charge in [0.25, 0.3) is 0 Å². The molecule has 0 saturated heterocycles. The van der Waals surface area contributed by atoms with Crippen LogP contribution in [0.3, 0.4) is 0 Å². The Morgan fingerprint density at radius 3 is 1.64 bits per heavy atom. The molecule has 6 rings (SSSR count). The van der Waals surface area contributed by atoms with Gasteiger partial charge in [-0.3, -0.25) is 9.97 Å². The molecule has 0 saturated carbocycles. The Morgan fingerprint density at radius 2 is 1.10 bits per heavy atom. The summed E-state index contributed by atoms with van der Waals surface area (Å²) in [4.78, 5) is 7.98. The molecule has 42 heavy (non-hydrogen) atoms. The predicted molar refractivity (Wildman–Crippen MR) is 183 cm³/mol. The number of benzene rings is 4. The molecule has 2 unspecified atom stereocenters. The van der Waals surface area contributed by atoms with E-state index in [1.165, 1.54) is 51.1 Å². The molecule has 2 nitrogen and oxygen atoms in total. The minimum atomic E-state index is 0.558. The summed E-state index contributed by atoms with van der Waals surface area (Å²) >= 11 is 0. The average molecular weight is 549 g/mol. The van der Waals surface area contributed by atoms with Gasteiger partial charge in [-0.15, -0.1) is 0 Å². The molecule has 6 aromatic rings. The third kappa shape index (κ3) is 8.59. The zero-order valence-electron chi connectivity index (χ0n) is 24.7. The number of nitrogens with zero attached hydrogens (tertiary/aromatic N) is 2. The first kappa shape index (κ1) is 30.1. The maximum atomic E-state index is 4.13. The van der Waals surface area contributed by atoms with E-state index in [4.69, 9.17) is 0 Å². The van der Waals surface area contributed by atoms with E-state index in [1.807, 2.05) is 30.6 Å². The first-order valence-corrected chi connectivity index (χ1v) is 14.6. The van der Waals surface area contributed by atoms with Gasteiger partial charge in [-0.05, 0) is 98.8 Å². The fourth-order valence-corrected chi connectivity index (χ4v) is 5.09. The summed E-state index contributed by atoms with van der Waals surface area (Å²) in [5.74, 6) is 1.16. The third-order valence-electron chi connectivity index (χ3n) is 7.60. The highest BCUT2D eigenvalue weighted by Gasteiger charge is 2.15. The Balaban J connectivity index is 0.000000168. The van der Waals surface area contributed by atoms with Gasteiger partial charge in [0.1, 0.15) is 0 Å². The van der Waals surface area contributed by atoms with Gasteiger partial charge in [-0.2, -0.15) is 0 Å². The maximum Gasteiger partial charge on any atom is 0.0273 e. The van der Waals surface area contributed by atoms with Crippen LogP contribution in [-0.4, -0.2) is 9.97 Å². The molecule has 0 amide bonds. The van der Waals surface area contributed by atoms with Gasteiger partial charge in [0.2, 0.25) is 0 Å². The molecule has 0 N–H and O–H groups in total. The van der Waals surface area contributed by atoms with Crippen LogP contribution in [0.15, 0.2) is 147 Å². The summed E-state index contributed by atoms with van der Waals surface area (Å²) in [6.45, 7) is 12.0. The van der Waals surface area contributed by atoms with E-state index in [2.05, 4.69) is 134 Å². The lowest BCUT2D eigenvalue weighted by Crippen LogP contribution is -2.04. The monoisotopic (exact) mass is 548 g/mol. The van der Waals surface area contributed by atoms with Crippen LogP contribution in [0, 0.1) is 0 Å². The Bertz CT molecular complexity index is 1690. The smallest absolute Gasteiger partial charge is 0.0273 e. The second-order valence-electron chi connectivity index (χ2n) is 10.4. The van der Waals surface area contributed by atoms with Crippen LogP contribution in [0.25, 0.3) is 33.7 Å². The van der Waals surface area contributed by atoms with Crippen molar-refractivity contribution in [3.05, 3.63) is 169 Å². The van der Waals surface area contributed by atoms with Gasteiger partial charge in [0.05, 0.1) is 0 Å². The van der Waals surface area contributed by atoms with Crippen molar-refractivity contribution in [3.63, 3.8) is 0 Å². The maximum absolute atomic E-state index is 4.13. The molecule has 0 aliphatic rings. The summed E-state index contributed by atoms with van der Waals surface area (Å²) in [6.07, 6.45) is 13.3. The lowest BCUT2D eigenvalue weighted by atomic mass is 9.84. The minimum Gasteiger partial charge on any atom is -0.265 e. The summed E-state index contributed by atoms with van der Waals surface area (Å²) in [5, 5.41) is 5.21. The van der Waals surface area contributed by atoms with Crippen molar-refractivity contribution in [1.29, 1.82) is 0 Å². The zero-order valence-corrected chi connectivity index (χ0v) is 24.7. The molecule has 2 heterocycles. The molecule has 2 heteroatoms. The molecular weight excluding hydrogens is 508 g/mol. The van der Waals surface area contributed by atoms with Gasteiger partial charge in [-0.1, -0.05) is 118 Å². The first-order valence-electron chi connectivity index (χ1n) is 14.6. The van der Waals surface area contributed by atoms with Crippen LogP contribution in [0.2, 0.25) is 0 Å². The molecule has 0 aliphatic heterocycles. The number of pyridine rings is 2. The zero-order chi connectivity index (χ0) is 29.6. The summed E-state index contributed by atoms with van der Waals surface area (Å²) in [5.41, 5.74) is 5.13. The van der Waals surface area contributed by atoms with E-state index in [0.29, 0.717) is 11.8 Å². The van der Waals surface area contributed by atoms with Gasteiger partial charge < -0.3 is 0 Å². The third-order valence-corrected chi connectivity index (χ3v) is 7.60. The molecule has 0 spiro atoms. The molecule has 0 fully saturated rings. The Kier molecular flexibility index (Phi) is 11.4. The van der Waals surface area contributed by atoms with Crippen LogP contribution in [-0.2, 0) is 0 Å². The van der Waals surface area contributed by atoms with Crippen molar-refractivity contribution in [2.75, 3.05) is 0 Å². The molecule has 4 aromatic carbocycles. The van der Waals surface area contributed by atoms with Gasteiger partial charge >= 0.3 is 0 Å². The van der Waals surface area contributed by atoms with Crippen molar-refractivity contribution >= 4 is 33.7 Å². The number of rotatable bonds is 7. The molecule has 210 valence electrons. The van der Waals surface area contributed by atoms with Gasteiger partial charge in [-0.25, -0.2) is 0 Å². The van der Waals surface area contributed by atoms with Crippen LogP contribution >= 0.6 is 0 Å². The number of aromatic nitrogens is 2. The summed E-state index contributed by atoms with van der Waals surface area (Å²) in [6, 6.07) is 38.3. The van der Waals surface area contributed by atoms with Crippen molar-refractivity contribution in [2.45, 2.75) is 38.5 Å². The lowest BCUT2D eigenvalue weighted by molar-refractivity contribution is 0.544. The Hall–Kier alpha value is -4.82. The average Bonchev–Trinajstić information content (AvgIpc) is 3.08. The van der Waals surface area contributed by atoms with Crippen molar-refractivity contribution in [3.8, 4) is 0 Å². The van der Waals surface area contributed by atoms with Crippen molar-refractivity contribution in [2.24, 2.45) is 0 Å². The van der Waals surface area contributed by atoms with Gasteiger partial charge in [0.15, 0.2) is 0 Å². The largest absolute Gasteiger partial charge is 0.265 e. The Morgan fingerprint density at radius 1 is 0.571 bits per heavy atom. The highest BCUT2D eigenvalue weighted by Crippen LogP contribution is 2.32. The normalized spacial score (nSPS) is 11.8. The van der Waals surface area contributed by atoms with Crippen molar-refractivity contribution < 1.29 is 0 Å². The first-order chi connectivity index (χ1) is 20.6. The van der Waals surface area contributed by atoms with Crippen LogP contribution in [0.1, 0.15) is 60.8 Å². The van der Waals surface area contributed by atoms with E-state index in [9.17, 15) is 0 Å². The standard InChI is InChI=1S/C21H23N.C12H10.C7H7N/c1-3-17(19-10-12-22-13-11-19)14-16(2)20-9-8-18-6-4-5-7-21(18)15-20;1-2-10-7-8-11-5-3-4-6-12(11)9-10;1-2-7-3-5-8-6-4-7/h4-13,15-17H,3,14H2,1-2H3;2-9H,1H2;2-6H,1H2. The summed E-state index contributed by atoms with van der Waals surface area (Å²) < 4.78 is 0. The molecular formula is C40H40N2. The Labute approximate surface area is 251 Å². The summed E-state index contributed by atoms with van der Waals surface area (Å²) in [7, 11) is 0.